The van der Waals surface area contributed by atoms with Gasteiger partial charge in [-0.25, -0.2) is 4.79 Å². The van der Waals surface area contributed by atoms with Crippen LogP contribution in [0.3, 0.4) is 0 Å². The Kier molecular flexibility index (Phi) is 3.53. The number of furan rings is 1. The van der Waals surface area contributed by atoms with Crippen LogP contribution in [0.2, 0.25) is 0 Å². The standard InChI is InChI=1S/C13H14O5/c1-3-17-13(15)11(14)9-6-8-4-5-18-12(8)10(7-9)16-2/h4-7,11,14H,3H2,1-2H3. The Balaban J connectivity index is 2.41. The normalized spacial score (nSPS) is 12.4. The van der Waals surface area contributed by atoms with E-state index in [2.05, 4.69) is 0 Å². The number of hydrogen-bond acceptors (Lipinski definition) is 5. The molecule has 1 atom stereocenters. The molecular formula is C13H14O5. The van der Waals surface area contributed by atoms with Crippen molar-refractivity contribution in [1.82, 2.24) is 0 Å². The van der Waals surface area contributed by atoms with Crippen molar-refractivity contribution in [1.29, 1.82) is 0 Å². The quantitative estimate of drug-likeness (QED) is 0.841. The van der Waals surface area contributed by atoms with E-state index in [9.17, 15) is 9.90 Å². The summed E-state index contributed by atoms with van der Waals surface area (Å²) in [7, 11) is 1.50. The predicted octanol–water partition coefficient (Wildman–Crippen LogP) is 2.04. The highest BCUT2D eigenvalue weighted by atomic mass is 16.5. The number of carbonyl (C=O) groups is 1. The van der Waals surface area contributed by atoms with Gasteiger partial charge in [-0.1, -0.05) is 0 Å². The molecule has 5 heteroatoms. The van der Waals surface area contributed by atoms with Crippen molar-refractivity contribution in [2.75, 3.05) is 13.7 Å². The van der Waals surface area contributed by atoms with Gasteiger partial charge in [0.15, 0.2) is 17.4 Å². The molecule has 0 saturated carbocycles. The van der Waals surface area contributed by atoms with Gasteiger partial charge >= 0.3 is 5.97 Å². The second-order valence-corrected chi connectivity index (χ2v) is 3.72. The third kappa shape index (κ3) is 2.17. The van der Waals surface area contributed by atoms with E-state index in [-0.39, 0.29) is 6.61 Å². The van der Waals surface area contributed by atoms with Gasteiger partial charge in [0.2, 0.25) is 0 Å². The number of ether oxygens (including phenoxy) is 2. The molecule has 5 nitrogen and oxygen atoms in total. The molecule has 0 aliphatic rings. The van der Waals surface area contributed by atoms with Crippen molar-refractivity contribution in [2.45, 2.75) is 13.0 Å². The highest BCUT2D eigenvalue weighted by Gasteiger charge is 2.21. The van der Waals surface area contributed by atoms with Crippen LogP contribution in [-0.2, 0) is 9.53 Å². The van der Waals surface area contributed by atoms with Crippen molar-refractivity contribution in [3.8, 4) is 5.75 Å². The van der Waals surface area contributed by atoms with Gasteiger partial charge in [-0.05, 0) is 30.7 Å². The number of hydrogen-bond donors (Lipinski definition) is 1. The first-order valence-corrected chi connectivity index (χ1v) is 5.57. The van der Waals surface area contributed by atoms with Crippen LogP contribution in [0.15, 0.2) is 28.9 Å². The fraction of sp³-hybridized carbons (Fsp3) is 0.308. The second-order valence-electron chi connectivity index (χ2n) is 3.72. The fourth-order valence-corrected chi connectivity index (χ4v) is 1.74. The molecule has 0 saturated heterocycles. The molecule has 2 rings (SSSR count). The number of benzene rings is 1. The van der Waals surface area contributed by atoms with Gasteiger partial charge in [0.05, 0.1) is 20.0 Å². The van der Waals surface area contributed by atoms with Crippen molar-refractivity contribution in [3.63, 3.8) is 0 Å². The van der Waals surface area contributed by atoms with Crippen LogP contribution in [0.5, 0.6) is 5.75 Å². The molecule has 0 radical (unpaired) electrons. The summed E-state index contributed by atoms with van der Waals surface area (Å²) in [5, 5.41) is 10.6. The maximum atomic E-state index is 11.5. The zero-order valence-corrected chi connectivity index (χ0v) is 10.2. The Labute approximate surface area is 104 Å². The lowest BCUT2D eigenvalue weighted by Crippen LogP contribution is -2.15. The topological polar surface area (TPSA) is 68.9 Å². The Morgan fingerprint density at radius 1 is 1.50 bits per heavy atom. The largest absolute Gasteiger partial charge is 0.493 e. The summed E-state index contributed by atoms with van der Waals surface area (Å²) in [5.41, 5.74) is 0.997. The third-order valence-electron chi connectivity index (χ3n) is 2.58. The Hall–Kier alpha value is -2.01. The van der Waals surface area contributed by atoms with Gasteiger partial charge in [-0.15, -0.1) is 0 Å². The van der Waals surface area contributed by atoms with E-state index in [1.54, 1.807) is 25.1 Å². The first kappa shape index (κ1) is 12.4. The molecule has 0 aliphatic carbocycles. The molecule has 1 aromatic heterocycles. The third-order valence-corrected chi connectivity index (χ3v) is 2.58. The van der Waals surface area contributed by atoms with Gasteiger partial charge in [0.1, 0.15) is 0 Å². The average molecular weight is 250 g/mol. The van der Waals surface area contributed by atoms with Gasteiger partial charge in [0, 0.05) is 5.39 Å². The Bertz CT molecular complexity index is 558. The summed E-state index contributed by atoms with van der Waals surface area (Å²) in [6, 6.07) is 4.97. The fourth-order valence-electron chi connectivity index (χ4n) is 1.74. The maximum Gasteiger partial charge on any atom is 0.339 e. The van der Waals surface area contributed by atoms with E-state index >= 15 is 0 Å². The predicted molar refractivity (Wildman–Crippen MR) is 64.4 cm³/mol. The minimum absolute atomic E-state index is 0.223. The van der Waals surface area contributed by atoms with Crippen LogP contribution >= 0.6 is 0 Å². The zero-order valence-electron chi connectivity index (χ0n) is 10.2. The first-order chi connectivity index (χ1) is 8.67. The van der Waals surface area contributed by atoms with Gasteiger partial charge in [-0.2, -0.15) is 0 Å². The van der Waals surface area contributed by atoms with Crippen LogP contribution in [0.4, 0.5) is 0 Å². The van der Waals surface area contributed by atoms with E-state index in [1.165, 1.54) is 13.4 Å². The Morgan fingerprint density at radius 3 is 2.94 bits per heavy atom. The van der Waals surface area contributed by atoms with Gasteiger partial charge < -0.3 is 19.0 Å². The summed E-state index contributed by atoms with van der Waals surface area (Å²) in [5.74, 6) is -0.210. The van der Waals surface area contributed by atoms with E-state index in [0.717, 1.165) is 5.39 Å². The number of rotatable bonds is 4. The highest BCUT2D eigenvalue weighted by Crippen LogP contribution is 2.31. The summed E-state index contributed by atoms with van der Waals surface area (Å²) in [6.45, 7) is 1.91. The highest BCUT2D eigenvalue weighted by molar-refractivity contribution is 5.86. The van der Waals surface area contributed by atoms with E-state index in [0.29, 0.717) is 16.9 Å². The van der Waals surface area contributed by atoms with Crippen LogP contribution in [-0.4, -0.2) is 24.8 Å². The minimum atomic E-state index is -1.32. The summed E-state index contributed by atoms with van der Waals surface area (Å²) < 4.78 is 15.2. The molecule has 0 fully saturated rings. The molecule has 0 bridgehead atoms. The minimum Gasteiger partial charge on any atom is -0.493 e. The first-order valence-electron chi connectivity index (χ1n) is 5.57. The number of fused-ring (bicyclic) bond motifs is 1. The number of aliphatic hydroxyl groups excluding tert-OH is 1. The summed E-state index contributed by atoms with van der Waals surface area (Å²) in [4.78, 5) is 11.5. The molecule has 1 unspecified atom stereocenters. The van der Waals surface area contributed by atoms with Crippen LogP contribution in [0.1, 0.15) is 18.6 Å². The molecule has 0 spiro atoms. The van der Waals surface area contributed by atoms with Gasteiger partial charge in [-0.3, -0.25) is 0 Å². The van der Waals surface area contributed by atoms with Crippen LogP contribution in [0.25, 0.3) is 11.0 Å². The van der Waals surface area contributed by atoms with Gasteiger partial charge in [0.25, 0.3) is 0 Å². The maximum absolute atomic E-state index is 11.5. The molecule has 96 valence electrons. The number of carbonyl (C=O) groups excluding carboxylic acids is 1. The molecule has 1 N–H and O–H groups in total. The Morgan fingerprint density at radius 2 is 2.28 bits per heavy atom. The van der Waals surface area contributed by atoms with Crippen molar-refractivity contribution < 1.29 is 23.8 Å². The number of aliphatic hydroxyl groups is 1. The second kappa shape index (κ2) is 5.10. The zero-order chi connectivity index (χ0) is 13.1. The van der Waals surface area contributed by atoms with E-state index in [1.807, 2.05) is 0 Å². The smallest absolute Gasteiger partial charge is 0.339 e. The monoisotopic (exact) mass is 250 g/mol. The molecule has 0 amide bonds. The lowest BCUT2D eigenvalue weighted by molar-refractivity contribution is -0.153. The summed E-state index contributed by atoms with van der Waals surface area (Å²) >= 11 is 0. The van der Waals surface area contributed by atoms with Crippen molar-refractivity contribution in [3.05, 3.63) is 30.0 Å². The lowest BCUT2D eigenvalue weighted by atomic mass is 10.1. The average Bonchev–Trinajstić information content (AvgIpc) is 2.85. The molecule has 2 aromatic rings. The number of methoxy groups -OCH3 is 1. The molecule has 18 heavy (non-hydrogen) atoms. The summed E-state index contributed by atoms with van der Waals surface area (Å²) in [6.07, 6.45) is 0.200. The molecule has 0 aliphatic heterocycles. The van der Waals surface area contributed by atoms with Crippen LogP contribution in [0, 0.1) is 0 Å². The van der Waals surface area contributed by atoms with Crippen LogP contribution < -0.4 is 4.74 Å². The number of esters is 1. The van der Waals surface area contributed by atoms with Crippen molar-refractivity contribution >= 4 is 16.9 Å². The molecular weight excluding hydrogens is 236 g/mol. The SMILES string of the molecule is CCOC(=O)C(O)c1cc(OC)c2occc2c1. The van der Waals surface area contributed by atoms with E-state index < -0.39 is 12.1 Å². The van der Waals surface area contributed by atoms with E-state index in [4.69, 9.17) is 13.9 Å². The molecule has 1 heterocycles. The molecule has 1 aromatic carbocycles. The lowest BCUT2D eigenvalue weighted by Gasteiger charge is -2.11. The van der Waals surface area contributed by atoms with Crippen molar-refractivity contribution in [2.24, 2.45) is 0 Å².